The lowest BCUT2D eigenvalue weighted by Crippen LogP contribution is -2.36. The quantitative estimate of drug-likeness (QED) is 0.126. The van der Waals surface area contributed by atoms with E-state index in [1.807, 2.05) is 0 Å². The van der Waals surface area contributed by atoms with E-state index in [-0.39, 0.29) is 40.3 Å². The van der Waals surface area contributed by atoms with Gasteiger partial charge in [-0.2, -0.15) is 9.97 Å². The summed E-state index contributed by atoms with van der Waals surface area (Å²) in [5.74, 6) is -1.18. The number of nitrogen functional groups attached to an aromatic ring is 1. The van der Waals surface area contributed by atoms with Crippen LogP contribution in [0.3, 0.4) is 0 Å². The fraction of sp³-hybridized carbons (Fsp3) is 0.609. The molecule has 1 fully saturated rings. The van der Waals surface area contributed by atoms with Crippen molar-refractivity contribution in [2.75, 3.05) is 19.5 Å². The normalized spacial score (nSPS) is 22.6. The number of methoxy groups -OCH3 is 1. The molecule has 43 heavy (non-hydrogen) atoms. The molecule has 0 spiro atoms. The minimum Gasteiger partial charge on any atom is -0.493 e. The topological polar surface area (TPSA) is 240 Å². The van der Waals surface area contributed by atoms with Crippen LogP contribution in [0, 0.1) is 0 Å². The molecule has 0 aliphatic carbocycles. The van der Waals surface area contributed by atoms with Crippen LogP contribution in [-0.2, 0) is 43.2 Å². The number of aromatic nitrogens is 6. The summed E-state index contributed by atoms with van der Waals surface area (Å²) in [7, 11) is 4.20. The molecule has 20 heteroatoms. The summed E-state index contributed by atoms with van der Waals surface area (Å²) in [5, 5.41) is 34.6. The minimum atomic E-state index is -4.03. The molecule has 1 aliphatic rings. The monoisotopic (exact) mass is 646 g/mol. The summed E-state index contributed by atoms with van der Waals surface area (Å²) in [6.07, 6.45) is -4.48. The number of aromatic hydroxyl groups is 1. The molecule has 4 rings (SSSR count). The van der Waals surface area contributed by atoms with Gasteiger partial charge in [0.25, 0.3) is 0 Å². The van der Waals surface area contributed by atoms with Gasteiger partial charge in [0.05, 0.1) is 31.8 Å². The van der Waals surface area contributed by atoms with E-state index in [0.29, 0.717) is 11.4 Å². The Morgan fingerprint density at radius 2 is 1.93 bits per heavy atom. The van der Waals surface area contributed by atoms with E-state index in [9.17, 15) is 29.5 Å². The molecule has 0 amide bonds. The Hall–Kier alpha value is -3.19. The minimum absolute atomic E-state index is 0.102. The average Bonchev–Trinajstić information content (AvgIpc) is 3.55. The van der Waals surface area contributed by atoms with Crippen LogP contribution < -0.4 is 21.2 Å². The molecule has 0 saturated carbocycles. The number of aliphatic hydroxyl groups excluding tert-OH is 2. The molecular formula is C23H35N8O10PS. The van der Waals surface area contributed by atoms with E-state index in [1.165, 1.54) is 43.6 Å². The van der Waals surface area contributed by atoms with Gasteiger partial charge in [0.2, 0.25) is 17.7 Å². The molecule has 6 unspecified atom stereocenters. The van der Waals surface area contributed by atoms with Crippen molar-refractivity contribution in [1.29, 1.82) is 0 Å². The molecule has 0 aromatic carbocycles. The fourth-order valence-electron chi connectivity index (χ4n) is 4.32. The molecule has 18 nitrogen and oxygen atoms in total. The molecule has 4 heterocycles. The maximum absolute atomic E-state index is 14.0. The number of carbonyl (C=O) groups is 1. The molecule has 3 aromatic heterocycles. The van der Waals surface area contributed by atoms with Crippen LogP contribution in [0.25, 0.3) is 11.2 Å². The fourth-order valence-corrected chi connectivity index (χ4v) is 8.06. The van der Waals surface area contributed by atoms with E-state index in [2.05, 4.69) is 20.0 Å². The molecule has 0 radical (unpaired) electrons. The maximum Gasteiger partial charge on any atom is 0.330 e. The largest absolute Gasteiger partial charge is 0.493 e. The van der Waals surface area contributed by atoms with E-state index >= 15 is 0 Å². The number of hydrogen-bond donors (Lipinski definition) is 5. The first-order valence-electron chi connectivity index (χ1n) is 13.0. The first-order chi connectivity index (χ1) is 20.2. The summed E-state index contributed by atoms with van der Waals surface area (Å²) < 4.78 is 39.6. The highest BCUT2D eigenvalue weighted by Crippen LogP contribution is 2.58. The van der Waals surface area contributed by atoms with E-state index in [4.69, 9.17) is 24.5 Å². The molecule has 6 N–H and O–H groups in total. The van der Waals surface area contributed by atoms with Crippen LogP contribution in [0.1, 0.15) is 32.7 Å². The van der Waals surface area contributed by atoms with Crippen LogP contribution >= 0.6 is 18.1 Å². The number of nitrogens with one attached hydrogen (secondary N) is 1. The van der Waals surface area contributed by atoms with Crippen molar-refractivity contribution in [1.82, 2.24) is 33.7 Å². The lowest BCUT2D eigenvalue weighted by Gasteiger charge is -2.24. The van der Waals surface area contributed by atoms with Crippen molar-refractivity contribution in [3.8, 4) is 11.8 Å². The summed E-state index contributed by atoms with van der Waals surface area (Å²) in [5.41, 5.74) is 5.86. The average molecular weight is 647 g/mol. The molecular weight excluding hydrogens is 611 g/mol. The van der Waals surface area contributed by atoms with Crippen LogP contribution in [0.5, 0.6) is 11.8 Å². The van der Waals surface area contributed by atoms with Gasteiger partial charge in [0, 0.05) is 19.8 Å². The number of rotatable bonds is 12. The second-order valence-corrected chi connectivity index (χ2v) is 14.3. The van der Waals surface area contributed by atoms with Crippen molar-refractivity contribution in [2.24, 2.45) is 14.1 Å². The molecule has 3 aromatic rings. The van der Waals surface area contributed by atoms with Gasteiger partial charge in [-0.25, -0.2) is 14.9 Å². The highest BCUT2D eigenvalue weighted by atomic mass is 32.7. The lowest BCUT2D eigenvalue weighted by atomic mass is 10.1. The zero-order chi connectivity index (χ0) is 31.8. The summed E-state index contributed by atoms with van der Waals surface area (Å²) >= 11 is 0.705. The predicted molar refractivity (Wildman–Crippen MR) is 153 cm³/mol. The number of carbonyl (C=O) groups excluding carboxylic acids is 1. The summed E-state index contributed by atoms with van der Waals surface area (Å²) in [6.45, 7) is 0.227. The van der Waals surface area contributed by atoms with Crippen molar-refractivity contribution in [3.05, 3.63) is 22.5 Å². The number of nitrogens with zero attached hydrogens (tertiary/aromatic N) is 6. The molecule has 6 atom stereocenters. The number of fused-ring (bicyclic) bond motifs is 1. The third-order valence-corrected chi connectivity index (χ3v) is 10.6. The summed E-state index contributed by atoms with van der Waals surface area (Å²) in [6, 6.07) is -1.08. The van der Waals surface area contributed by atoms with Gasteiger partial charge < -0.3 is 39.8 Å². The van der Waals surface area contributed by atoms with Gasteiger partial charge >= 0.3 is 18.4 Å². The van der Waals surface area contributed by atoms with E-state index in [1.54, 1.807) is 13.8 Å². The number of aliphatic hydroxyl groups is 2. The van der Waals surface area contributed by atoms with Crippen LogP contribution in [0.4, 0.5) is 5.95 Å². The Balaban J connectivity index is 1.54. The molecule has 0 bridgehead atoms. The Morgan fingerprint density at radius 1 is 1.23 bits per heavy atom. The molecule has 238 valence electrons. The first kappa shape index (κ1) is 32.7. The Labute approximate surface area is 249 Å². The predicted octanol–water partition coefficient (Wildman–Crippen LogP) is -0.233. The Morgan fingerprint density at radius 3 is 2.53 bits per heavy atom. The molecule has 1 saturated heterocycles. The van der Waals surface area contributed by atoms with Gasteiger partial charge in [-0.3, -0.25) is 23.1 Å². The van der Waals surface area contributed by atoms with Crippen molar-refractivity contribution in [3.63, 3.8) is 0 Å². The smallest absolute Gasteiger partial charge is 0.330 e. The number of imidazole rings is 2. The van der Waals surface area contributed by atoms with Gasteiger partial charge in [0.15, 0.2) is 17.4 Å². The van der Waals surface area contributed by atoms with E-state index < -0.39 is 61.7 Å². The highest BCUT2D eigenvalue weighted by molar-refractivity contribution is 8.55. The zero-order valence-electron chi connectivity index (χ0n) is 24.3. The number of ether oxygens (including phenoxy) is 3. The second kappa shape index (κ2) is 12.8. The number of nitrogens with two attached hydrogens (primary N) is 1. The lowest BCUT2D eigenvalue weighted by molar-refractivity contribution is -0.149. The maximum atomic E-state index is 14.0. The van der Waals surface area contributed by atoms with Crippen molar-refractivity contribution in [2.45, 2.75) is 63.2 Å². The number of hydrogen-bond acceptors (Lipinski definition) is 15. The van der Waals surface area contributed by atoms with Gasteiger partial charge in [-0.05, 0) is 32.2 Å². The van der Waals surface area contributed by atoms with E-state index in [0.717, 1.165) is 4.57 Å². The summed E-state index contributed by atoms with van der Waals surface area (Å²) in [4.78, 5) is 37.0. The molecule has 1 aliphatic heterocycles. The van der Waals surface area contributed by atoms with Crippen LogP contribution in [-0.4, -0.2) is 94.1 Å². The van der Waals surface area contributed by atoms with Crippen molar-refractivity contribution >= 4 is 41.2 Å². The van der Waals surface area contributed by atoms with Gasteiger partial charge in [-0.15, -0.1) is 0 Å². The van der Waals surface area contributed by atoms with Crippen LogP contribution in [0.15, 0.2) is 11.1 Å². The second-order valence-electron chi connectivity index (χ2n) is 10.0. The Bertz CT molecular complexity index is 1590. The van der Waals surface area contributed by atoms with Gasteiger partial charge in [0.1, 0.15) is 24.4 Å². The third kappa shape index (κ3) is 6.67. The zero-order valence-corrected chi connectivity index (χ0v) is 26.0. The third-order valence-electron chi connectivity index (χ3n) is 6.60. The SMILES string of the molecule is COc1nc(N)nc2c1ncn2C1OC(COP(=O)(NC(C)C(=O)OC(C)C)SCc2c(O)n(C)c(=O)n2C)C(O)C1O. The standard InChI is InChI=1S/C23H35N8O10PS/c1-10(2)40-21(35)11(3)28-42(37,43-8-12-19(34)30(5)23(36)29(12)4)39-7-13-15(32)16(33)20(41-13)31-9-25-14-17(31)26-22(24)27-18(14)38-6/h9-11,13,15-16,20,32-34H,7-8H2,1-6H3,(H,28,37)(H2,24,26,27). The highest BCUT2D eigenvalue weighted by Gasteiger charge is 2.46. The van der Waals surface area contributed by atoms with Crippen LogP contribution in [0.2, 0.25) is 0 Å². The number of anilines is 1. The first-order valence-corrected chi connectivity index (χ1v) is 16.3. The number of esters is 1. The van der Waals surface area contributed by atoms with Crippen molar-refractivity contribution < 1.29 is 43.4 Å². The Kier molecular flexibility index (Phi) is 9.75. The van der Waals surface area contributed by atoms with Gasteiger partial charge in [-0.1, -0.05) is 0 Å².